The maximum absolute atomic E-state index is 12.8. The summed E-state index contributed by atoms with van der Waals surface area (Å²) in [5, 5.41) is 0. The monoisotopic (exact) mass is 323 g/mol. The van der Waals surface area contributed by atoms with Crippen LogP contribution in [0.1, 0.15) is 30.4 Å². The van der Waals surface area contributed by atoms with Gasteiger partial charge in [-0.2, -0.15) is 0 Å². The van der Waals surface area contributed by atoms with Crippen LogP contribution >= 0.6 is 0 Å². The Balaban J connectivity index is 1.61. The first-order valence-corrected chi connectivity index (χ1v) is 8.81. The molecule has 3 heteroatoms. The summed E-state index contributed by atoms with van der Waals surface area (Å²) in [6.07, 6.45) is 3.55. The van der Waals surface area contributed by atoms with Gasteiger partial charge in [-0.3, -0.25) is 4.79 Å². The lowest BCUT2D eigenvalue weighted by Crippen LogP contribution is -2.39. The Hall–Kier alpha value is -2.13. The maximum Gasteiger partial charge on any atom is 0.251 e. The molecule has 0 bridgehead atoms. The summed E-state index contributed by atoms with van der Waals surface area (Å²) in [4.78, 5) is 14.8. The van der Waals surface area contributed by atoms with Crippen molar-refractivity contribution in [3.05, 3.63) is 71.8 Å². The average Bonchev–Trinajstić information content (AvgIpc) is 3.17. The fraction of sp³-hybridized carbons (Fsp3) is 0.381. The second kappa shape index (κ2) is 8.65. The molecule has 2 aromatic carbocycles. The molecule has 2 aromatic rings. The van der Waals surface area contributed by atoms with Gasteiger partial charge in [0.25, 0.3) is 5.91 Å². The Morgan fingerprint density at radius 1 is 1.00 bits per heavy atom. The number of carbonyl (C=O) groups is 1. The van der Waals surface area contributed by atoms with Gasteiger partial charge in [0.15, 0.2) is 0 Å². The summed E-state index contributed by atoms with van der Waals surface area (Å²) >= 11 is 0. The van der Waals surface area contributed by atoms with Gasteiger partial charge >= 0.3 is 0 Å². The van der Waals surface area contributed by atoms with Crippen molar-refractivity contribution in [2.75, 3.05) is 13.2 Å². The fourth-order valence-corrected chi connectivity index (χ4v) is 3.17. The molecule has 0 saturated carbocycles. The van der Waals surface area contributed by atoms with Crippen molar-refractivity contribution < 1.29 is 9.53 Å². The summed E-state index contributed by atoms with van der Waals surface area (Å²) in [5.74, 6) is 0.143. The van der Waals surface area contributed by atoms with Gasteiger partial charge in [0.05, 0.1) is 0 Å². The van der Waals surface area contributed by atoms with Crippen molar-refractivity contribution in [3.8, 4) is 0 Å². The van der Waals surface area contributed by atoms with Crippen LogP contribution < -0.4 is 0 Å². The first-order valence-electron chi connectivity index (χ1n) is 8.81. The highest BCUT2D eigenvalue weighted by Gasteiger charge is 2.28. The molecule has 1 unspecified atom stereocenters. The first kappa shape index (κ1) is 16.7. The first-order chi connectivity index (χ1) is 11.8. The van der Waals surface area contributed by atoms with E-state index in [9.17, 15) is 4.79 Å². The molecule has 1 heterocycles. The molecule has 1 fully saturated rings. The van der Waals surface area contributed by atoms with Gasteiger partial charge in [-0.25, -0.2) is 0 Å². The molecule has 1 aliphatic heterocycles. The van der Waals surface area contributed by atoms with Crippen LogP contribution in [0, 0.1) is 0 Å². The largest absolute Gasteiger partial charge is 0.368 e. The highest BCUT2D eigenvalue weighted by Crippen LogP contribution is 2.17. The number of nitrogens with zero attached hydrogens (tertiary/aromatic N) is 1. The van der Waals surface area contributed by atoms with E-state index in [-0.39, 0.29) is 12.0 Å². The zero-order chi connectivity index (χ0) is 16.6. The van der Waals surface area contributed by atoms with Crippen molar-refractivity contribution in [3.63, 3.8) is 0 Å². The van der Waals surface area contributed by atoms with Gasteiger partial charge in [-0.15, -0.1) is 0 Å². The number of amides is 1. The molecule has 24 heavy (non-hydrogen) atoms. The third-order valence-corrected chi connectivity index (χ3v) is 4.47. The van der Waals surface area contributed by atoms with E-state index in [1.54, 1.807) is 0 Å². The van der Waals surface area contributed by atoms with Gasteiger partial charge in [-0.1, -0.05) is 60.7 Å². The van der Waals surface area contributed by atoms with Gasteiger partial charge in [0.1, 0.15) is 6.10 Å². The standard InChI is InChI=1S/C21H25NO2/c23-21(20-14-8-16-24-20)22(17-19-11-5-2-6-12-19)15-7-13-18-9-3-1-4-10-18/h1-6,9-12,20H,7-8,13-17H2. The molecule has 0 aromatic heterocycles. The zero-order valence-electron chi connectivity index (χ0n) is 14.1. The lowest BCUT2D eigenvalue weighted by molar-refractivity contribution is -0.141. The lowest BCUT2D eigenvalue weighted by atomic mass is 10.1. The number of hydrogen-bond donors (Lipinski definition) is 0. The van der Waals surface area contributed by atoms with Crippen LogP contribution in [-0.2, 0) is 22.5 Å². The van der Waals surface area contributed by atoms with Crippen LogP contribution in [0.3, 0.4) is 0 Å². The molecule has 1 saturated heterocycles. The summed E-state index contributed by atoms with van der Waals surface area (Å²) in [5.41, 5.74) is 2.49. The molecule has 3 nitrogen and oxygen atoms in total. The minimum absolute atomic E-state index is 0.143. The molecule has 126 valence electrons. The molecule has 1 aliphatic rings. The van der Waals surface area contributed by atoms with Crippen LogP contribution in [-0.4, -0.2) is 30.1 Å². The molecule has 0 N–H and O–H groups in total. The van der Waals surface area contributed by atoms with Gasteiger partial charge < -0.3 is 9.64 Å². The Kier molecular flexibility index (Phi) is 6.02. The summed E-state index contributed by atoms with van der Waals surface area (Å²) in [7, 11) is 0. The third-order valence-electron chi connectivity index (χ3n) is 4.47. The summed E-state index contributed by atoms with van der Waals surface area (Å²) < 4.78 is 5.61. The summed E-state index contributed by atoms with van der Waals surface area (Å²) in [6, 6.07) is 20.6. The van der Waals surface area contributed by atoms with Crippen molar-refractivity contribution in [2.24, 2.45) is 0 Å². The SMILES string of the molecule is O=C(C1CCCO1)N(CCCc1ccccc1)Cc1ccccc1. The predicted octanol–water partition coefficient (Wildman–Crippen LogP) is 3.83. The van der Waals surface area contributed by atoms with Crippen LogP contribution in [0.4, 0.5) is 0 Å². The number of benzene rings is 2. The number of rotatable bonds is 7. The van der Waals surface area contributed by atoms with E-state index in [2.05, 4.69) is 36.4 Å². The minimum atomic E-state index is -0.245. The number of hydrogen-bond acceptors (Lipinski definition) is 2. The molecule has 1 atom stereocenters. The van der Waals surface area contributed by atoms with E-state index in [1.165, 1.54) is 11.1 Å². The minimum Gasteiger partial charge on any atom is -0.368 e. The van der Waals surface area contributed by atoms with Crippen molar-refractivity contribution in [2.45, 2.75) is 38.3 Å². The Labute approximate surface area is 144 Å². The maximum atomic E-state index is 12.8. The van der Waals surface area contributed by atoms with E-state index < -0.39 is 0 Å². The third kappa shape index (κ3) is 4.68. The van der Waals surface area contributed by atoms with Gasteiger partial charge in [0, 0.05) is 19.7 Å². The number of carbonyl (C=O) groups excluding carboxylic acids is 1. The fourth-order valence-electron chi connectivity index (χ4n) is 3.17. The van der Waals surface area contributed by atoms with Gasteiger partial charge in [-0.05, 0) is 36.8 Å². The zero-order valence-corrected chi connectivity index (χ0v) is 14.1. The van der Waals surface area contributed by atoms with E-state index >= 15 is 0 Å². The van der Waals surface area contributed by atoms with Crippen LogP contribution in [0.25, 0.3) is 0 Å². The average molecular weight is 323 g/mol. The van der Waals surface area contributed by atoms with Crippen LogP contribution in [0.15, 0.2) is 60.7 Å². The van der Waals surface area contributed by atoms with Crippen molar-refractivity contribution in [1.29, 1.82) is 0 Å². The molecule has 3 rings (SSSR count). The van der Waals surface area contributed by atoms with Crippen molar-refractivity contribution >= 4 is 5.91 Å². The van der Waals surface area contributed by atoms with Crippen molar-refractivity contribution in [1.82, 2.24) is 4.90 Å². The molecular weight excluding hydrogens is 298 g/mol. The van der Waals surface area contributed by atoms with Crippen LogP contribution in [0.2, 0.25) is 0 Å². The second-order valence-corrected chi connectivity index (χ2v) is 6.34. The normalized spacial score (nSPS) is 16.9. The Bertz CT molecular complexity index is 621. The lowest BCUT2D eigenvalue weighted by Gasteiger charge is -2.25. The highest BCUT2D eigenvalue weighted by molar-refractivity contribution is 5.81. The topological polar surface area (TPSA) is 29.5 Å². The number of aryl methyl sites for hydroxylation is 1. The second-order valence-electron chi connectivity index (χ2n) is 6.34. The van der Waals surface area contributed by atoms with E-state index in [0.717, 1.165) is 32.2 Å². The molecule has 0 radical (unpaired) electrons. The predicted molar refractivity (Wildman–Crippen MR) is 95.6 cm³/mol. The van der Waals surface area contributed by atoms with E-state index in [0.29, 0.717) is 13.2 Å². The van der Waals surface area contributed by atoms with Crippen LogP contribution in [0.5, 0.6) is 0 Å². The Morgan fingerprint density at radius 3 is 2.29 bits per heavy atom. The molecule has 0 spiro atoms. The molecular formula is C21H25NO2. The quantitative estimate of drug-likeness (QED) is 0.775. The van der Waals surface area contributed by atoms with E-state index in [1.807, 2.05) is 29.2 Å². The molecule has 1 amide bonds. The number of ether oxygens (including phenoxy) is 1. The van der Waals surface area contributed by atoms with Gasteiger partial charge in [0.2, 0.25) is 0 Å². The smallest absolute Gasteiger partial charge is 0.251 e. The van der Waals surface area contributed by atoms with E-state index in [4.69, 9.17) is 4.74 Å². The summed E-state index contributed by atoms with van der Waals surface area (Å²) in [6.45, 7) is 2.14. The Morgan fingerprint density at radius 2 is 1.67 bits per heavy atom. The molecule has 0 aliphatic carbocycles. The highest BCUT2D eigenvalue weighted by atomic mass is 16.5.